The Labute approximate surface area is 159 Å². The molecule has 0 heterocycles. The zero-order valence-electron chi connectivity index (χ0n) is 15.2. The van der Waals surface area contributed by atoms with E-state index >= 15 is 0 Å². The summed E-state index contributed by atoms with van der Waals surface area (Å²) >= 11 is 0. The number of sulfonamides is 2. The number of methoxy groups -OCH3 is 2. The Morgan fingerprint density at radius 2 is 1.19 bits per heavy atom. The zero-order valence-corrected chi connectivity index (χ0v) is 16.8. The molecule has 0 aromatic heterocycles. The van der Waals surface area contributed by atoms with Crippen LogP contribution in [0, 0.1) is 0 Å². The highest BCUT2D eigenvalue weighted by Gasteiger charge is 2.20. The SMILES string of the molecule is COc1ccc(S(=O)(=O)NC[C@H](C)NS(=O)(=O)c2ccc(OC)cc2)cc1. The van der Waals surface area contributed by atoms with Crippen LogP contribution in [0.1, 0.15) is 6.92 Å². The Morgan fingerprint density at radius 3 is 1.59 bits per heavy atom. The molecule has 0 bridgehead atoms. The third-order valence-corrected chi connectivity index (χ3v) is 6.72. The van der Waals surface area contributed by atoms with Gasteiger partial charge in [0, 0.05) is 12.6 Å². The molecule has 8 nitrogen and oxygen atoms in total. The second-order valence-electron chi connectivity index (χ2n) is 5.73. The fourth-order valence-corrected chi connectivity index (χ4v) is 4.58. The van der Waals surface area contributed by atoms with Gasteiger partial charge in [-0.05, 0) is 55.5 Å². The van der Waals surface area contributed by atoms with Crippen LogP contribution in [0.4, 0.5) is 0 Å². The summed E-state index contributed by atoms with van der Waals surface area (Å²) in [5.41, 5.74) is 0. The van der Waals surface area contributed by atoms with Gasteiger partial charge in [0.1, 0.15) is 11.5 Å². The van der Waals surface area contributed by atoms with E-state index in [1.165, 1.54) is 62.8 Å². The summed E-state index contributed by atoms with van der Waals surface area (Å²) in [4.78, 5) is 0.127. The lowest BCUT2D eigenvalue weighted by Gasteiger charge is -2.15. The number of hydrogen-bond donors (Lipinski definition) is 2. The van der Waals surface area contributed by atoms with Gasteiger partial charge in [0.05, 0.1) is 24.0 Å². The predicted octanol–water partition coefficient (Wildman–Crippen LogP) is 1.35. The van der Waals surface area contributed by atoms with Crippen LogP contribution in [-0.4, -0.2) is 43.6 Å². The van der Waals surface area contributed by atoms with Gasteiger partial charge in [0.15, 0.2) is 0 Å². The first kappa shape index (κ1) is 21.2. The first-order valence-corrected chi connectivity index (χ1v) is 10.9. The molecule has 0 aliphatic rings. The molecule has 2 aromatic rings. The largest absolute Gasteiger partial charge is 0.497 e. The van der Waals surface area contributed by atoms with E-state index in [4.69, 9.17) is 9.47 Å². The van der Waals surface area contributed by atoms with Crippen molar-refractivity contribution in [3.63, 3.8) is 0 Å². The van der Waals surface area contributed by atoms with E-state index in [-0.39, 0.29) is 16.3 Å². The molecule has 10 heteroatoms. The van der Waals surface area contributed by atoms with Crippen LogP contribution in [0.25, 0.3) is 0 Å². The molecule has 2 rings (SSSR count). The summed E-state index contributed by atoms with van der Waals surface area (Å²) in [6, 6.07) is 11.1. The fourth-order valence-electron chi connectivity index (χ4n) is 2.20. The van der Waals surface area contributed by atoms with Crippen molar-refractivity contribution < 1.29 is 26.3 Å². The number of benzene rings is 2. The van der Waals surface area contributed by atoms with E-state index in [9.17, 15) is 16.8 Å². The number of rotatable bonds is 9. The molecule has 0 saturated heterocycles. The normalized spacial score (nSPS) is 13.1. The lowest BCUT2D eigenvalue weighted by atomic mass is 10.3. The molecule has 0 spiro atoms. The molecule has 0 aliphatic heterocycles. The molecule has 1 atom stereocenters. The first-order chi connectivity index (χ1) is 12.7. The minimum atomic E-state index is -3.78. The maximum absolute atomic E-state index is 12.4. The molecule has 148 valence electrons. The van der Waals surface area contributed by atoms with Crippen molar-refractivity contribution in [2.75, 3.05) is 20.8 Å². The van der Waals surface area contributed by atoms with E-state index in [0.717, 1.165) is 0 Å². The molecule has 0 aliphatic carbocycles. The number of nitrogens with one attached hydrogen (secondary N) is 2. The maximum atomic E-state index is 12.4. The topological polar surface area (TPSA) is 111 Å². The van der Waals surface area contributed by atoms with E-state index in [2.05, 4.69) is 9.44 Å². The van der Waals surface area contributed by atoms with Gasteiger partial charge in [0.25, 0.3) is 0 Å². The van der Waals surface area contributed by atoms with Gasteiger partial charge in [-0.15, -0.1) is 0 Å². The van der Waals surface area contributed by atoms with Crippen LogP contribution in [0.5, 0.6) is 11.5 Å². The summed E-state index contributed by atoms with van der Waals surface area (Å²) in [6.45, 7) is 1.46. The summed E-state index contributed by atoms with van der Waals surface area (Å²) in [5.74, 6) is 1.07. The highest BCUT2D eigenvalue weighted by atomic mass is 32.2. The average Bonchev–Trinajstić information content (AvgIpc) is 2.66. The molecule has 0 fully saturated rings. The van der Waals surface area contributed by atoms with Gasteiger partial charge < -0.3 is 9.47 Å². The predicted molar refractivity (Wildman–Crippen MR) is 101 cm³/mol. The second-order valence-corrected chi connectivity index (χ2v) is 9.21. The Bertz CT molecular complexity index is 955. The van der Waals surface area contributed by atoms with Gasteiger partial charge in [-0.25, -0.2) is 26.3 Å². The monoisotopic (exact) mass is 414 g/mol. The Morgan fingerprint density at radius 1 is 0.778 bits per heavy atom. The highest BCUT2D eigenvalue weighted by molar-refractivity contribution is 7.90. The summed E-state index contributed by atoms with van der Waals surface area (Å²) in [5, 5.41) is 0. The van der Waals surface area contributed by atoms with Gasteiger partial charge >= 0.3 is 0 Å². The fraction of sp³-hybridized carbons (Fsp3) is 0.294. The summed E-state index contributed by atoms with van der Waals surface area (Å²) < 4.78 is 64.1. The lowest BCUT2D eigenvalue weighted by Crippen LogP contribution is -2.41. The third kappa shape index (κ3) is 5.67. The first-order valence-electron chi connectivity index (χ1n) is 7.98. The second kappa shape index (κ2) is 8.70. The van der Waals surface area contributed by atoms with Gasteiger partial charge in [-0.3, -0.25) is 0 Å². The average molecular weight is 415 g/mol. The van der Waals surface area contributed by atoms with Crippen LogP contribution < -0.4 is 18.9 Å². The maximum Gasteiger partial charge on any atom is 0.240 e. The van der Waals surface area contributed by atoms with Crippen molar-refractivity contribution in [1.82, 2.24) is 9.44 Å². The number of hydrogen-bond acceptors (Lipinski definition) is 6. The highest BCUT2D eigenvalue weighted by Crippen LogP contribution is 2.16. The van der Waals surface area contributed by atoms with Gasteiger partial charge in [-0.1, -0.05) is 0 Å². The molecule has 0 saturated carbocycles. The Balaban J connectivity index is 2.00. The summed E-state index contributed by atoms with van der Waals surface area (Å²) in [7, 11) is -4.58. The summed E-state index contributed by atoms with van der Waals surface area (Å²) in [6.07, 6.45) is 0. The Kier molecular flexibility index (Phi) is 6.82. The van der Waals surface area contributed by atoms with E-state index in [0.29, 0.717) is 11.5 Å². The zero-order chi connectivity index (χ0) is 20.1. The Hall–Kier alpha value is -2.14. The van der Waals surface area contributed by atoms with E-state index < -0.39 is 26.1 Å². The molecule has 27 heavy (non-hydrogen) atoms. The van der Waals surface area contributed by atoms with Crippen molar-refractivity contribution in [3.05, 3.63) is 48.5 Å². The molecule has 2 aromatic carbocycles. The van der Waals surface area contributed by atoms with E-state index in [1.54, 1.807) is 6.92 Å². The van der Waals surface area contributed by atoms with Crippen LogP contribution in [0.15, 0.2) is 58.3 Å². The van der Waals surface area contributed by atoms with Crippen LogP contribution in [0.3, 0.4) is 0 Å². The molecule has 0 unspecified atom stereocenters. The van der Waals surface area contributed by atoms with E-state index in [1.807, 2.05) is 0 Å². The standard InChI is InChI=1S/C17H22N2O6S2/c1-13(19-27(22,23)17-10-6-15(25-3)7-11-17)12-18-26(20,21)16-8-4-14(24-2)5-9-16/h4-11,13,18-19H,12H2,1-3H3/t13-/m0/s1. The molecule has 2 N–H and O–H groups in total. The van der Waals surface area contributed by atoms with Crippen molar-refractivity contribution in [3.8, 4) is 11.5 Å². The minimum absolute atomic E-state index is 0.0631. The van der Waals surface area contributed by atoms with Crippen molar-refractivity contribution in [2.24, 2.45) is 0 Å². The van der Waals surface area contributed by atoms with Gasteiger partial charge in [0.2, 0.25) is 20.0 Å². The van der Waals surface area contributed by atoms with Crippen LogP contribution in [-0.2, 0) is 20.0 Å². The number of ether oxygens (including phenoxy) is 2. The minimum Gasteiger partial charge on any atom is -0.497 e. The smallest absolute Gasteiger partial charge is 0.240 e. The lowest BCUT2D eigenvalue weighted by molar-refractivity contribution is 0.414. The van der Waals surface area contributed by atoms with Crippen molar-refractivity contribution in [1.29, 1.82) is 0 Å². The van der Waals surface area contributed by atoms with Crippen molar-refractivity contribution in [2.45, 2.75) is 22.8 Å². The van der Waals surface area contributed by atoms with Crippen molar-refractivity contribution >= 4 is 20.0 Å². The quantitative estimate of drug-likeness (QED) is 0.641. The molecule has 0 amide bonds. The van der Waals surface area contributed by atoms with Crippen LogP contribution >= 0.6 is 0 Å². The molecular formula is C17H22N2O6S2. The molecule has 0 radical (unpaired) electrons. The van der Waals surface area contributed by atoms with Gasteiger partial charge in [-0.2, -0.15) is 0 Å². The third-order valence-electron chi connectivity index (χ3n) is 3.68. The molecular weight excluding hydrogens is 392 g/mol. The van der Waals surface area contributed by atoms with Crippen LogP contribution in [0.2, 0.25) is 0 Å².